The van der Waals surface area contributed by atoms with E-state index in [1.807, 2.05) is 56.3 Å². The van der Waals surface area contributed by atoms with Crippen LogP contribution >= 0.6 is 0 Å². The Bertz CT molecular complexity index is 1900. The topological polar surface area (TPSA) is 138 Å². The van der Waals surface area contributed by atoms with Crippen molar-refractivity contribution in [1.82, 2.24) is 9.80 Å². The highest BCUT2D eigenvalue weighted by Crippen LogP contribution is 2.30. The van der Waals surface area contributed by atoms with Crippen LogP contribution in [-0.2, 0) is 14.8 Å². The Morgan fingerprint density at radius 3 is 2.49 bits per heavy atom. The van der Waals surface area contributed by atoms with Gasteiger partial charge in [0, 0.05) is 43.7 Å². The molecular weight excluding hydrogens is 669 g/mol. The fourth-order valence-electron chi connectivity index (χ4n) is 6.16. The molecule has 0 saturated heterocycles. The Morgan fingerprint density at radius 2 is 1.73 bits per heavy atom. The minimum atomic E-state index is -3.93. The maximum absolute atomic E-state index is 14.4. The van der Waals surface area contributed by atoms with Crippen molar-refractivity contribution in [1.29, 1.82) is 0 Å². The molecule has 0 unspecified atom stereocenters. The highest BCUT2D eigenvalue weighted by atomic mass is 32.2. The zero-order valence-corrected chi connectivity index (χ0v) is 30.4. The summed E-state index contributed by atoms with van der Waals surface area (Å²) in [6.07, 6.45) is 1.60. The van der Waals surface area contributed by atoms with Gasteiger partial charge in [-0.25, -0.2) is 13.2 Å². The van der Waals surface area contributed by atoms with Crippen LogP contribution in [0.5, 0.6) is 5.75 Å². The number of ether oxygens (including phenoxy) is 2. The number of nitrogens with one attached hydrogen (secondary N) is 2. The molecule has 3 N–H and O–H groups in total. The van der Waals surface area contributed by atoms with Crippen LogP contribution < -0.4 is 14.8 Å². The number of aliphatic hydroxyl groups is 1. The van der Waals surface area contributed by atoms with Crippen molar-refractivity contribution in [2.24, 2.45) is 5.92 Å². The average molecular weight is 717 g/mol. The number of urea groups is 1. The first-order valence-electron chi connectivity index (χ1n) is 17.4. The third kappa shape index (κ3) is 9.57. The number of aliphatic hydroxyl groups excluding tert-OH is 1. The van der Waals surface area contributed by atoms with Crippen molar-refractivity contribution in [2.75, 3.05) is 43.4 Å². The van der Waals surface area contributed by atoms with Crippen LogP contribution in [0.2, 0.25) is 0 Å². The first-order valence-corrected chi connectivity index (χ1v) is 18.9. The lowest BCUT2D eigenvalue weighted by molar-refractivity contribution is -0.0115. The molecule has 0 fully saturated rings. The van der Waals surface area contributed by atoms with E-state index in [4.69, 9.17) is 9.47 Å². The largest absolute Gasteiger partial charge is 0.490 e. The molecule has 0 radical (unpaired) electrons. The normalized spacial score (nSPS) is 19.7. The highest BCUT2D eigenvalue weighted by molar-refractivity contribution is 7.92. The number of likely N-dealkylation sites (N-methyl/N-ethyl adjacent to an activating group) is 1. The molecule has 3 amide bonds. The van der Waals surface area contributed by atoms with Gasteiger partial charge in [0.05, 0.1) is 41.0 Å². The van der Waals surface area contributed by atoms with Gasteiger partial charge in [-0.1, -0.05) is 61.5 Å². The molecule has 12 heteroatoms. The van der Waals surface area contributed by atoms with E-state index in [-0.39, 0.29) is 53.9 Å². The van der Waals surface area contributed by atoms with Crippen LogP contribution in [0.3, 0.4) is 0 Å². The molecule has 272 valence electrons. The van der Waals surface area contributed by atoms with Crippen LogP contribution in [-0.4, -0.2) is 86.9 Å². The maximum atomic E-state index is 14.4. The van der Waals surface area contributed by atoms with Gasteiger partial charge in [-0.15, -0.1) is 0 Å². The Hall–Kier alpha value is -4.65. The third-order valence-electron chi connectivity index (χ3n) is 9.19. The number of fused-ring (bicyclic) bond motifs is 2. The minimum Gasteiger partial charge on any atom is -0.490 e. The van der Waals surface area contributed by atoms with E-state index in [1.54, 1.807) is 54.1 Å². The SMILES string of the molecule is C[C@@H]1CCCCO[C@@H](CN(C)C(=O)Nc2cccc3ccccc23)[C@H](C)CN([C@@H](C)CO)C(=O)c2cc(NS(=O)(=O)c3ccccc3)ccc2O1. The van der Waals surface area contributed by atoms with Gasteiger partial charge in [0.25, 0.3) is 15.9 Å². The molecule has 5 rings (SSSR count). The van der Waals surface area contributed by atoms with E-state index in [1.165, 1.54) is 18.2 Å². The summed E-state index contributed by atoms with van der Waals surface area (Å²) in [5, 5.41) is 15.3. The van der Waals surface area contributed by atoms with E-state index in [9.17, 15) is 23.1 Å². The van der Waals surface area contributed by atoms with E-state index in [0.29, 0.717) is 24.5 Å². The maximum Gasteiger partial charge on any atom is 0.321 e. The standard InChI is InChI=1S/C39H48N4O7S/c1-27-24-43(28(2)26-44)38(45)34-23-31(41-51(47,48)32-16-6-5-7-17-32)20-21-36(34)50-29(3)13-10-11-22-49-37(27)25-42(4)39(46)40-35-19-12-15-30-14-8-9-18-33(30)35/h5-9,12,14-21,23,27-29,37,41,44H,10-11,13,22,24-26H2,1-4H3,(H,40,46)/t27-,28+,29-,37+/m1/s1. The first-order chi connectivity index (χ1) is 24.5. The van der Waals surface area contributed by atoms with Gasteiger partial charge >= 0.3 is 6.03 Å². The van der Waals surface area contributed by atoms with Crippen molar-refractivity contribution >= 4 is 44.1 Å². The third-order valence-corrected chi connectivity index (χ3v) is 10.6. The molecule has 0 saturated carbocycles. The molecule has 1 heterocycles. The molecular formula is C39H48N4O7S. The van der Waals surface area contributed by atoms with Gasteiger partial charge in [-0.3, -0.25) is 9.52 Å². The van der Waals surface area contributed by atoms with Crippen LogP contribution in [0.4, 0.5) is 16.2 Å². The fraction of sp³-hybridized carbons (Fsp3) is 0.385. The monoisotopic (exact) mass is 716 g/mol. The number of nitrogens with zero attached hydrogens (tertiary/aromatic N) is 2. The summed E-state index contributed by atoms with van der Waals surface area (Å²) in [5.41, 5.74) is 1.08. The number of carbonyl (C=O) groups excluding carboxylic acids is 2. The second-order valence-corrected chi connectivity index (χ2v) is 14.9. The lowest BCUT2D eigenvalue weighted by atomic mass is 10.0. The number of rotatable bonds is 8. The van der Waals surface area contributed by atoms with Gasteiger partial charge < -0.3 is 29.7 Å². The van der Waals surface area contributed by atoms with E-state index in [2.05, 4.69) is 10.0 Å². The quantitative estimate of drug-likeness (QED) is 0.187. The number of carbonyl (C=O) groups is 2. The van der Waals surface area contributed by atoms with Crippen molar-refractivity contribution in [2.45, 2.75) is 63.2 Å². The van der Waals surface area contributed by atoms with E-state index in [0.717, 1.165) is 23.6 Å². The summed E-state index contributed by atoms with van der Waals surface area (Å²) >= 11 is 0. The number of benzene rings is 4. The lowest BCUT2D eigenvalue weighted by Crippen LogP contribution is -2.48. The van der Waals surface area contributed by atoms with Crippen molar-refractivity contribution in [3.05, 3.63) is 96.6 Å². The lowest BCUT2D eigenvalue weighted by Gasteiger charge is -2.35. The summed E-state index contributed by atoms with van der Waals surface area (Å²) in [4.78, 5) is 31.1. The predicted molar refractivity (Wildman–Crippen MR) is 200 cm³/mol. The zero-order chi connectivity index (χ0) is 36.5. The zero-order valence-electron chi connectivity index (χ0n) is 29.6. The molecule has 1 aliphatic rings. The summed E-state index contributed by atoms with van der Waals surface area (Å²) < 4.78 is 41.6. The summed E-state index contributed by atoms with van der Waals surface area (Å²) in [7, 11) is -2.21. The smallest absolute Gasteiger partial charge is 0.321 e. The Kier molecular flexibility index (Phi) is 12.6. The van der Waals surface area contributed by atoms with Crippen LogP contribution in [0.15, 0.2) is 95.9 Å². The first kappa shape index (κ1) is 37.6. The number of hydrogen-bond donors (Lipinski definition) is 3. The molecule has 51 heavy (non-hydrogen) atoms. The second kappa shape index (κ2) is 17.0. The molecule has 0 aliphatic carbocycles. The van der Waals surface area contributed by atoms with Crippen LogP contribution in [0.1, 0.15) is 50.4 Å². The average Bonchev–Trinajstić information content (AvgIpc) is 3.13. The molecule has 0 bridgehead atoms. The Labute approximate surface area is 300 Å². The van der Waals surface area contributed by atoms with Gasteiger partial charge in [0.1, 0.15) is 5.75 Å². The number of amides is 3. The summed E-state index contributed by atoms with van der Waals surface area (Å²) in [6, 6.07) is 25.4. The predicted octanol–water partition coefficient (Wildman–Crippen LogP) is 6.60. The molecule has 0 spiro atoms. The van der Waals surface area contributed by atoms with E-state index < -0.39 is 28.1 Å². The van der Waals surface area contributed by atoms with Crippen LogP contribution in [0, 0.1) is 5.92 Å². The van der Waals surface area contributed by atoms with Gasteiger partial charge in [0.15, 0.2) is 0 Å². The van der Waals surface area contributed by atoms with E-state index >= 15 is 0 Å². The van der Waals surface area contributed by atoms with Crippen molar-refractivity contribution < 1.29 is 32.6 Å². The van der Waals surface area contributed by atoms with Crippen LogP contribution in [0.25, 0.3) is 10.8 Å². The Balaban J connectivity index is 1.40. The molecule has 4 atom stereocenters. The van der Waals surface area contributed by atoms with Gasteiger partial charge in [0.2, 0.25) is 0 Å². The van der Waals surface area contributed by atoms with Crippen molar-refractivity contribution in [3.63, 3.8) is 0 Å². The number of anilines is 2. The summed E-state index contributed by atoms with van der Waals surface area (Å²) in [5.74, 6) is -0.362. The fourth-order valence-corrected chi connectivity index (χ4v) is 7.23. The number of hydrogen-bond acceptors (Lipinski definition) is 7. The minimum absolute atomic E-state index is 0.0902. The van der Waals surface area contributed by atoms with Crippen molar-refractivity contribution in [3.8, 4) is 5.75 Å². The highest BCUT2D eigenvalue weighted by Gasteiger charge is 2.31. The van der Waals surface area contributed by atoms with Gasteiger partial charge in [-0.05, 0) is 74.9 Å². The molecule has 11 nitrogen and oxygen atoms in total. The Morgan fingerprint density at radius 1 is 1.00 bits per heavy atom. The summed E-state index contributed by atoms with van der Waals surface area (Å²) in [6.45, 7) is 6.25. The molecule has 0 aromatic heterocycles. The molecule has 4 aromatic carbocycles. The van der Waals surface area contributed by atoms with Gasteiger partial charge in [-0.2, -0.15) is 0 Å². The number of sulfonamides is 1. The second-order valence-electron chi connectivity index (χ2n) is 13.3. The molecule has 4 aromatic rings. The molecule has 1 aliphatic heterocycles.